The van der Waals surface area contributed by atoms with Crippen molar-refractivity contribution in [2.45, 2.75) is 39.2 Å². The summed E-state index contributed by atoms with van der Waals surface area (Å²) in [7, 11) is 1.50. The van der Waals surface area contributed by atoms with Crippen molar-refractivity contribution in [3.63, 3.8) is 0 Å². The Morgan fingerprint density at radius 3 is 2.65 bits per heavy atom. The van der Waals surface area contributed by atoms with Gasteiger partial charge in [0.15, 0.2) is 0 Å². The summed E-state index contributed by atoms with van der Waals surface area (Å²) in [5, 5.41) is 4.98. The number of likely N-dealkylation sites (N-methyl/N-ethyl adjacent to an activating group) is 1. The summed E-state index contributed by atoms with van der Waals surface area (Å²) in [6.45, 7) is 5.68. The van der Waals surface area contributed by atoms with Gasteiger partial charge in [-0.25, -0.2) is 4.79 Å². The Hall–Kier alpha value is -2.31. The molecular formula is C16H23N3O4. The molecule has 1 fully saturated rings. The molecule has 1 saturated carbocycles. The molecule has 23 heavy (non-hydrogen) atoms. The van der Waals surface area contributed by atoms with Crippen molar-refractivity contribution in [2.75, 3.05) is 13.7 Å². The Balaban J connectivity index is 1.97. The number of pyridine rings is 1. The number of hydrogen-bond acceptors (Lipinski definition) is 5. The molecule has 126 valence electrons. The number of ether oxygens (including phenoxy) is 2. The van der Waals surface area contributed by atoms with E-state index in [0.717, 1.165) is 5.56 Å². The third-order valence-corrected chi connectivity index (χ3v) is 3.58. The lowest BCUT2D eigenvalue weighted by Gasteiger charge is -2.23. The molecule has 7 nitrogen and oxygen atoms in total. The predicted molar refractivity (Wildman–Crippen MR) is 84.5 cm³/mol. The maximum absolute atomic E-state index is 11.9. The van der Waals surface area contributed by atoms with Crippen molar-refractivity contribution in [2.24, 2.45) is 5.92 Å². The molecule has 1 aromatic heterocycles. The van der Waals surface area contributed by atoms with Gasteiger partial charge in [0.05, 0.1) is 6.61 Å². The molecule has 0 bridgehead atoms. The lowest BCUT2D eigenvalue weighted by molar-refractivity contribution is -0.125. The van der Waals surface area contributed by atoms with E-state index in [9.17, 15) is 9.59 Å². The van der Waals surface area contributed by atoms with Gasteiger partial charge in [-0.1, -0.05) is 0 Å². The molecule has 1 aliphatic rings. The average molecular weight is 321 g/mol. The summed E-state index contributed by atoms with van der Waals surface area (Å²) >= 11 is 0. The standard InChI is InChI=1S/C16H23N3O4/c1-10-5-8-12(18-13(10)22-9-11-6-7-11)23-15(21)19-16(2,3)14(20)17-4/h5,8,11H,6-7,9H2,1-4H3,(H,17,20)(H,19,21). The normalized spacial score (nSPS) is 14.1. The van der Waals surface area contributed by atoms with Crippen LogP contribution in [0.2, 0.25) is 0 Å². The van der Waals surface area contributed by atoms with Crippen molar-refractivity contribution in [3.05, 3.63) is 17.7 Å². The highest BCUT2D eigenvalue weighted by Crippen LogP contribution is 2.30. The molecule has 0 radical (unpaired) electrons. The fraction of sp³-hybridized carbons (Fsp3) is 0.562. The molecule has 7 heteroatoms. The molecule has 0 aliphatic heterocycles. The van der Waals surface area contributed by atoms with Crippen LogP contribution in [-0.2, 0) is 4.79 Å². The highest BCUT2D eigenvalue weighted by atomic mass is 16.6. The van der Waals surface area contributed by atoms with E-state index in [-0.39, 0.29) is 11.8 Å². The number of nitrogens with zero attached hydrogens (tertiary/aromatic N) is 1. The Labute approximate surface area is 135 Å². The van der Waals surface area contributed by atoms with Crippen LogP contribution >= 0.6 is 0 Å². The minimum Gasteiger partial charge on any atom is -0.477 e. The molecule has 2 N–H and O–H groups in total. The van der Waals surface area contributed by atoms with Gasteiger partial charge in [-0.05, 0) is 45.6 Å². The number of hydrogen-bond donors (Lipinski definition) is 2. The fourth-order valence-electron chi connectivity index (χ4n) is 1.92. The molecule has 0 aromatic carbocycles. The average Bonchev–Trinajstić information content (AvgIpc) is 3.30. The van der Waals surface area contributed by atoms with Crippen LogP contribution in [0.5, 0.6) is 11.8 Å². The van der Waals surface area contributed by atoms with Crippen molar-refractivity contribution < 1.29 is 19.1 Å². The van der Waals surface area contributed by atoms with Gasteiger partial charge in [0.1, 0.15) is 5.54 Å². The molecule has 2 rings (SSSR count). The summed E-state index contributed by atoms with van der Waals surface area (Å²) in [6.07, 6.45) is 1.63. The monoisotopic (exact) mass is 321 g/mol. The zero-order chi connectivity index (χ0) is 17.0. The quantitative estimate of drug-likeness (QED) is 0.834. The van der Waals surface area contributed by atoms with E-state index in [2.05, 4.69) is 15.6 Å². The second kappa shape index (κ2) is 6.85. The lowest BCUT2D eigenvalue weighted by Crippen LogP contribution is -2.54. The topological polar surface area (TPSA) is 89.6 Å². The van der Waals surface area contributed by atoms with E-state index < -0.39 is 11.6 Å². The second-order valence-electron chi connectivity index (χ2n) is 6.24. The van der Waals surface area contributed by atoms with Gasteiger partial charge in [-0.15, -0.1) is 0 Å². The van der Waals surface area contributed by atoms with Crippen LogP contribution in [0.1, 0.15) is 32.3 Å². The number of aromatic nitrogens is 1. The molecule has 0 unspecified atom stereocenters. The minimum absolute atomic E-state index is 0.131. The first kappa shape index (κ1) is 17.1. The maximum Gasteiger partial charge on any atom is 0.414 e. The Kier molecular flexibility index (Phi) is 5.08. The van der Waals surface area contributed by atoms with Crippen LogP contribution in [0.15, 0.2) is 12.1 Å². The van der Waals surface area contributed by atoms with E-state index in [4.69, 9.17) is 9.47 Å². The van der Waals surface area contributed by atoms with Crippen LogP contribution in [0, 0.1) is 12.8 Å². The number of carbonyl (C=O) groups excluding carboxylic acids is 2. The van der Waals surface area contributed by atoms with Crippen molar-refractivity contribution >= 4 is 12.0 Å². The first-order valence-corrected chi connectivity index (χ1v) is 7.64. The van der Waals surface area contributed by atoms with Gasteiger partial charge in [0.25, 0.3) is 0 Å². The molecule has 1 aromatic rings. The number of nitrogens with one attached hydrogen (secondary N) is 2. The molecule has 0 atom stereocenters. The Morgan fingerprint density at radius 2 is 2.04 bits per heavy atom. The van der Waals surface area contributed by atoms with Gasteiger partial charge < -0.3 is 20.1 Å². The van der Waals surface area contributed by atoms with Gasteiger partial charge >= 0.3 is 6.09 Å². The van der Waals surface area contributed by atoms with Crippen LogP contribution in [0.3, 0.4) is 0 Å². The van der Waals surface area contributed by atoms with E-state index in [1.54, 1.807) is 26.0 Å². The van der Waals surface area contributed by atoms with E-state index >= 15 is 0 Å². The third-order valence-electron chi connectivity index (χ3n) is 3.58. The number of aryl methyl sites for hydroxylation is 1. The van der Waals surface area contributed by atoms with Crippen LogP contribution in [0.4, 0.5) is 4.79 Å². The SMILES string of the molecule is CNC(=O)C(C)(C)NC(=O)Oc1ccc(C)c(OCC2CC2)n1. The molecule has 0 saturated heterocycles. The fourth-order valence-corrected chi connectivity index (χ4v) is 1.92. The van der Waals surface area contributed by atoms with E-state index in [1.807, 2.05) is 6.92 Å². The number of amides is 2. The second-order valence-corrected chi connectivity index (χ2v) is 6.24. The largest absolute Gasteiger partial charge is 0.477 e. The van der Waals surface area contributed by atoms with Gasteiger partial charge in [-0.3, -0.25) is 4.79 Å². The first-order chi connectivity index (χ1) is 10.8. The van der Waals surface area contributed by atoms with E-state index in [1.165, 1.54) is 19.9 Å². The summed E-state index contributed by atoms with van der Waals surface area (Å²) in [6, 6.07) is 3.37. The zero-order valence-electron chi connectivity index (χ0n) is 13.9. The van der Waals surface area contributed by atoms with Crippen LogP contribution in [0.25, 0.3) is 0 Å². The highest BCUT2D eigenvalue weighted by Gasteiger charge is 2.29. The summed E-state index contributed by atoms with van der Waals surface area (Å²) in [5.41, 5.74) is -0.203. The van der Waals surface area contributed by atoms with Crippen LogP contribution in [-0.4, -0.2) is 36.2 Å². The van der Waals surface area contributed by atoms with Crippen molar-refractivity contribution in [3.8, 4) is 11.8 Å². The lowest BCUT2D eigenvalue weighted by atomic mass is 10.1. The highest BCUT2D eigenvalue weighted by molar-refractivity contribution is 5.89. The number of rotatable bonds is 6. The molecular weight excluding hydrogens is 298 g/mol. The first-order valence-electron chi connectivity index (χ1n) is 7.64. The molecule has 1 aliphatic carbocycles. The summed E-state index contributed by atoms with van der Waals surface area (Å²) in [5.74, 6) is 0.886. The van der Waals surface area contributed by atoms with Gasteiger partial charge in [-0.2, -0.15) is 4.98 Å². The third kappa shape index (κ3) is 4.84. The van der Waals surface area contributed by atoms with E-state index in [0.29, 0.717) is 18.4 Å². The van der Waals surface area contributed by atoms with Crippen molar-refractivity contribution in [1.29, 1.82) is 0 Å². The van der Waals surface area contributed by atoms with Crippen molar-refractivity contribution in [1.82, 2.24) is 15.6 Å². The van der Waals surface area contributed by atoms with Gasteiger partial charge in [0, 0.05) is 18.7 Å². The maximum atomic E-state index is 11.9. The Bertz CT molecular complexity index is 597. The smallest absolute Gasteiger partial charge is 0.414 e. The zero-order valence-corrected chi connectivity index (χ0v) is 13.9. The molecule has 2 amide bonds. The summed E-state index contributed by atoms with van der Waals surface area (Å²) in [4.78, 5) is 27.8. The summed E-state index contributed by atoms with van der Waals surface area (Å²) < 4.78 is 10.8. The Morgan fingerprint density at radius 1 is 1.35 bits per heavy atom. The number of carbonyl (C=O) groups is 2. The van der Waals surface area contributed by atoms with Gasteiger partial charge in [0.2, 0.25) is 17.7 Å². The minimum atomic E-state index is -1.08. The molecule has 1 heterocycles. The predicted octanol–water partition coefficient (Wildman–Crippen LogP) is 1.79. The molecule has 0 spiro atoms. The van der Waals surface area contributed by atoms with Crippen LogP contribution < -0.4 is 20.1 Å².